The summed E-state index contributed by atoms with van der Waals surface area (Å²) in [6.07, 6.45) is 4.62. The van der Waals surface area contributed by atoms with Crippen LogP contribution in [0.1, 0.15) is 38.6 Å². The van der Waals surface area contributed by atoms with Crippen molar-refractivity contribution in [3.8, 4) is 17.1 Å². The molecule has 1 aromatic carbocycles. The third-order valence-electron chi connectivity index (χ3n) is 5.20. The van der Waals surface area contributed by atoms with Crippen LogP contribution in [0.4, 0.5) is 0 Å². The third-order valence-corrected chi connectivity index (χ3v) is 6.15. The molecule has 156 valence electrons. The van der Waals surface area contributed by atoms with Crippen LogP contribution in [0.15, 0.2) is 29.4 Å². The Morgan fingerprint density at radius 1 is 1.24 bits per heavy atom. The van der Waals surface area contributed by atoms with E-state index in [2.05, 4.69) is 27.0 Å². The van der Waals surface area contributed by atoms with Gasteiger partial charge in [0, 0.05) is 11.6 Å². The number of thioether (sulfide) groups is 1. The molecule has 1 aromatic heterocycles. The van der Waals surface area contributed by atoms with Crippen LogP contribution in [0.2, 0.25) is 0 Å². The Balaban J connectivity index is 1.86. The summed E-state index contributed by atoms with van der Waals surface area (Å²) >= 11 is 1.33. The summed E-state index contributed by atoms with van der Waals surface area (Å²) in [7, 11) is 1.64. The third kappa shape index (κ3) is 5.29. The topological polar surface area (TPSA) is 112 Å². The SMILES string of the molecule is COc1ccc(-c2nnc(SCC(=O)NCC(N)=O)n2[C@@H]2CCCC[C@@H]2C)cc1. The van der Waals surface area contributed by atoms with Crippen LogP contribution in [0.3, 0.4) is 0 Å². The second-order valence-corrected chi connectivity index (χ2v) is 8.21. The number of rotatable bonds is 8. The fraction of sp³-hybridized carbons (Fsp3) is 0.500. The second kappa shape index (κ2) is 9.78. The lowest BCUT2D eigenvalue weighted by molar-refractivity contribution is -0.123. The predicted molar refractivity (Wildman–Crippen MR) is 112 cm³/mol. The maximum absolute atomic E-state index is 12.0. The Bertz CT molecular complexity index is 852. The lowest BCUT2D eigenvalue weighted by Crippen LogP contribution is -2.34. The van der Waals surface area contributed by atoms with Crippen molar-refractivity contribution < 1.29 is 14.3 Å². The molecule has 1 aliphatic rings. The summed E-state index contributed by atoms with van der Waals surface area (Å²) < 4.78 is 7.43. The van der Waals surface area contributed by atoms with E-state index in [0.717, 1.165) is 30.0 Å². The largest absolute Gasteiger partial charge is 0.497 e. The van der Waals surface area contributed by atoms with Crippen LogP contribution in [0.5, 0.6) is 5.75 Å². The minimum absolute atomic E-state index is 0.148. The first-order valence-electron chi connectivity index (χ1n) is 9.76. The number of nitrogens with two attached hydrogens (primary N) is 1. The molecule has 0 radical (unpaired) electrons. The van der Waals surface area contributed by atoms with Crippen molar-refractivity contribution in [3.63, 3.8) is 0 Å². The van der Waals surface area contributed by atoms with Gasteiger partial charge in [-0.1, -0.05) is 31.5 Å². The number of aromatic nitrogens is 3. The van der Waals surface area contributed by atoms with Crippen LogP contribution in [-0.2, 0) is 9.59 Å². The van der Waals surface area contributed by atoms with Crippen LogP contribution >= 0.6 is 11.8 Å². The zero-order chi connectivity index (χ0) is 20.8. The first-order valence-corrected chi connectivity index (χ1v) is 10.7. The van der Waals surface area contributed by atoms with Gasteiger partial charge in [-0.25, -0.2) is 0 Å². The number of hydrogen-bond acceptors (Lipinski definition) is 6. The van der Waals surface area contributed by atoms with E-state index in [1.54, 1.807) is 7.11 Å². The van der Waals surface area contributed by atoms with Crippen LogP contribution in [-0.4, -0.2) is 46.0 Å². The van der Waals surface area contributed by atoms with Crippen molar-refractivity contribution in [2.75, 3.05) is 19.4 Å². The lowest BCUT2D eigenvalue weighted by Gasteiger charge is -2.31. The molecule has 0 spiro atoms. The highest BCUT2D eigenvalue weighted by molar-refractivity contribution is 7.99. The molecule has 0 aliphatic heterocycles. The summed E-state index contributed by atoms with van der Waals surface area (Å²) in [5.74, 6) is 1.41. The number of carbonyl (C=O) groups excluding carboxylic acids is 2. The van der Waals surface area contributed by atoms with Crippen molar-refractivity contribution in [1.29, 1.82) is 0 Å². The van der Waals surface area contributed by atoms with Gasteiger partial charge in [0.15, 0.2) is 11.0 Å². The molecule has 0 bridgehead atoms. The maximum atomic E-state index is 12.0. The molecule has 0 unspecified atom stereocenters. The van der Waals surface area contributed by atoms with Gasteiger partial charge in [0.1, 0.15) is 5.75 Å². The summed E-state index contributed by atoms with van der Waals surface area (Å²) in [5.41, 5.74) is 6.04. The summed E-state index contributed by atoms with van der Waals surface area (Å²) in [5, 5.41) is 12.1. The van der Waals surface area contributed by atoms with Gasteiger partial charge < -0.3 is 15.8 Å². The molecule has 2 amide bonds. The zero-order valence-corrected chi connectivity index (χ0v) is 17.6. The number of hydrogen-bond donors (Lipinski definition) is 2. The van der Waals surface area contributed by atoms with E-state index in [1.807, 2.05) is 24.3 Å². The fourth-order valence-corrected chi connectivity index (χ4v) is 4.48. The molecule has 1 heterocycles. The molecular weight excluding hydrogens is 390 g/mol. The first kappa shape index (κ1) is 21.2. The highest BCUT2D eigenvalue weighted by Gasteiger charge is 2.29. The zero-order valence-electron chi connectivity index (χ0n) is 16.8. The van der Waals surface area contributed by atoms with Crippen LogP contribution in [0.25, 0.3) is 11.4 Å². The highest BCUT2D eigenvalue weighted by atomic mass is 32.2. The number of nitrogens with zero attached hydrogens (tertiary/aromatic N) is 3. The van der Waals surface area contributed by atoms with E-state index in [9.17, 15) is 9.59 Å². The fourth-order valence-electron chi connectivity index (χ4n) is 3.66. The summed E-state index contributed by atoms with van der Waals surface area (Å²) in [6, 6.07) is 8.04. The lowest BCUT2D eigenvalue weighted by atomic mass is 9.85. The quantitative estimate of drug-likeness (QED) is 0.638. The minimum atomic E-state index is -0.565. The van der Waals surface area contributed by atoms with E-state index in [-0.39, 0.29) is 24.2 Å². The van der Waals surface area contributed by atoms with Gasteiger partial charge in [-0.3, -0.25) is 14.2 Å². The van der Waals surface area contributed by atoms with Crippen molar-refractivity contribution in [2.24, 2.45) is 11.7 Å². The van der Waals surface area contributed by atoms with Gasteiger partial charge in [-0.05, 0) is 43.0 Å². The first-order chi connectivity index (χ1) is 14.0. The van der Waals surface area contributed by atoms with Crippen LogP contribution in [0, 0.1) is 5.92 Å². The van der Waals surface area contributed by atoms with E-state index in [0.29, 0.717) is 11.1 Å². The molecule has 1 fully saturated rings. The standard InChI is InChI=1S/C20H27N5O3S/c1-13-5-3-4-6-16(13)25-19(14-7-9-15(28-2)10-8-14)23-24-20(25)29-12-18(27)22-11-17(21)26/h7-10,13,16H,3-6,11-12H2,1-2H3,(H2,21,26)(H,22,27)/t13-,16+/m0/s1. The van der Waals surface area contributed by atoms with Gasteiger partial charge in [0.25, 0.3) is 0 Å². The Labute approximate surface area is 174 Å². The van der Waals surface area contributed by atoms with Gasteiger partial charge >= 0.3 is 0 Å². The van der Waals surface area contributed by atoms with Crippen LogP contribution < -0.4 is 15.8 Å². The molecular formula is C20H27N5O3S. The number of methoxy groups -OCH3 is 1. The number of nitrogens with one attached hydrogen (secondary N) is 1. The molecule has 0 saturated heterocycles. The normalized spacial score (nSPS) is 19.0. The molecule has 1 aliphatic carbocycles. The van der Waals surface area contributed by atoms with Crippen molar-refractivity contribution in [1.82, 2.24) is 20.1 Å². The summed E-state index contributed by atoms with van der Waals surface area (Å²) in [4.78, 5) is 22.9. The Kier molecular flexibility index (Phi) is 7.13. The Hall–Kier alpha value is -2.55. The van der Waals surface area contributed by atoms with Crippen molar-refractivity contribution in [3.05, 3.63) is 24.3 Å². The monoisotopic (exact) mass is 417 g/mol. The van der Waals surface area contributed by atoms with Gasteiger partial charge in [0.05, 0.1) is 19.4 Å². The highest BCUT2D eigenvalue weighted by Crippen LogP contribution is 2.39. The van der Waals surface area contributed by atoms with Gasteiger partial charge in [-0.2, -0.15) is 0 Å². The van der Waals surface area contributed by atoms with E-state index < -0.39 is 5.91 Å². The molecule has 2 aromatic rings. The molecule has 2 atom stereocenters. The second-order valence-electron chi connectivity index (χ2n) is 7.27. The smallest absolute Gasteiger partial charge is 0.236 e. The molecule has 9 heteroatoms. The summed E-state index contributed by atoms with van der Waals surface area (Å²) in [6.45, 7) is 2.10. The molecule has 8 nitrogen and oxygen atoms in total. The van der Waals surface area contributed by atoms with Crippen molar-refractivity contribution >= 4 is 23.6 Å². The average Bonchev–Trinajstić information content (AvgIpc) is 3.14. The predicted octanol–water partition coefficient (Wildman–Crippen LogP) is 2.40. The number of primary amides is 1. The molecule has 29 heavy (non-hydrogen) atoms. The number of benzene rings is 1. The maximum Gasteiger partial charge on any atom is 0.236 e. The Morgan fingerprint density at radius 3 is 2.62 bits per heavy atom. The van der Waals surface area contributed by atoms with E-state index in [4.69, 9.17) is 10.5 Å². The molecule has 3 rings (SSSR count). The van der Waals surface area contributed by atoms with E-state index >= 15 is 0 Å². The molecule has 3 N–H and O–H groups in total. The van der Waals surface area contributed by atoms with Gasteiger partial charge in [0.2, 0.25) is 11.8 Å². The number of amides is 2. The van der Waals surface area contributed by atoms with Crippen molar-refractivity contribution in [2.45, 2.75) is 43.8 Å². The molecule has 1 saturated carbocycles. The Morgan fingerprint density at radius 2 is 1.97 bits per heavy atom. The van der Waals surface area contributed by atoms with Gasteiger partial charge in [-0.15, -0.1) is 10.2 Å². The van der Waals surface area contributed by atoms with E-state index in [1.165, 1.54) is 24.6 Å². The minimum Gasteiger partial charge on any atom is -0.497 e. The average molecular weight is 418 g/mol. The number of ether oxygens (including phenoxy) is 1. The number of carbonyl (C=O) groups is 2.